The van der Waals surface area contributed by atoms with Gasteiger partial charge < -0.3 is 14.4 Å². The van der Waals surface area contributed by atoms with Gasteiger partial charge >= 0.3 is 6.09 Å². The number of anilines is 3. The lowest BCUT2D eigenvalue weighted by Crippen LogP contribution is -3.14. The van der Waals surface area contributed by atoms with Crippen molar-refractivity contribution in [2.24, 2.45) is 0 Å². The van der Waals surface area contributed by atoms with Crippen LogP contribution in [0.4, 0.5) is 21.9 Å². The lowest BCUT2D eigenvalue weighted by molar-refractivity contribution is -0.907. The summed E-state index contributed by atoms with van der Waals surface area (Å²) in [5.41, 5.74) is 2.27. The van der Waals surface area contributed by atoms with Gasteiger partial charge in [0.1, 0.15) is 13.1 Å². The first kappa shape index (κ1) is 20.7. The summed E-state index contributed by atoms with van der Waals surface area (Å²) >= 11 is 1.63. The van der Waals surface area contributed by atoms with Crippen molar-refractivity contribution < 1.29 is 24.0 Å². The number of quaternary nitrogens is 1. The second-order valence-electron chi connectivity index (χ2n) is 7.19. The Morgan fingerprint density at radius 1 is 1.13 bits per heavy atom. The number of rotatable bonds is 5. The third kappa shape index (κ3) is 4.61. The minimum absolute atomic E-state index is 0.0521. The highest BCUT2D eigenvalue weighted by atomic mass is 32.2. The highest BCUT2D eigenvalue weighted by Crippen LogP contribution is 2.49. The number of amides is 2. The Hall–Kier alpha value is -2.55. The van der Waals surface area contributed by atoms with Crippen molar-refractivity contribution in [2.75, 3.05) is 49.7 Å². The van der Waals surface area contributed by atoms with Gasteiger partial charge in [-0.2, -0.15) is 0 Å². The number of carbonyl (C=O) groups is 2. The van der Waals surface area contributed by atoms with Crippen LogP contribution in [0.15, 0.2) is 52.3 Å². The van der Waals surface area contributed by atoms with E-state index < -0.39 is 6.09 Å². The van der Waals surface area contributed by atoms with Gasteiger partial charge in [0, 0.05) is 15.5 Å². The minimum Gasteiger partial charge on any atom is -0.450 e. The summed E-state index contributed by atoms with van der Waals surface area (Å²) in [6.07, 6.45) is -0.0568. The van der Waals surface area contributed by atoms with Gasteiger partial charge in [0.2, 0.25) is 5.91 Å². The Morgan fingerprint density at radius 3 is 2.70 bits per heavy atom. The molecular formula is C22H26N3O4S+. The molecule has 7 nitrogen and oxygen atoms in total. The summed E-state index contributed by atoms with van der Waals surface area (Å²) in [4.78, 5) is 30.4. The molecule has 1 fully saturated rings. The molecule has 0 saturated carbocycles. The average molecular weight is 429 g/mol. The predicted octanol–water partition coefficient (Wildman–Crippen LogP) is 2.69. The Bertz CT molecular complexity index is 930. The number of ether oxygens (including phenoxy) is 2. The maximum Gasteiger partial charge on any atom is 0.411 e. The standard InChI is InChI=1S/C22H25N3O4S/c1-2-29-22(27)23-16-7-8-20-18(15-16)25(17-5-3-4-6-19(17)30-20)21(26)9-10-24-11-13-28-14-12-24/h3-8,15H,2,9-14H2,1H3,(H,23,27)/p+1. The van der Waals surface area contributed by atoms with Gasteiger partial charge in [-0.1, -0.05) is 23.9 Å². The lowest BCUT2D eigenvalue weighted by Gasteiger charge is -2.32. The monoisotopic (exact) mass is 428 g/mol. The van der Waals surface area contributed by atoms with E-state index in [-0.39, 0.29) is 5.91 Å². The molecule has 0 aromatic heterocycles. The summed E-state index contributed by atoms with van der Waals surface area (Å²) in [5, 5.41) is 2.73. The van der Waals surface area contributed by atoms with Crippen LogP contribution in [0.1, 0.15) is 13.3 Å². The van der Waals surface area contributed by atoms with Gasteiger partial charge in [0.25, 0.3) is 0 Å². The summed E-state index contributed by atoms with van der Waals surface area (Å²) in [6, 6.07) is 13.5. The van der Waals surface area contributed by atoms with Crippen molar-refractivity contribution in [1.82, 2.24) is 0 Å². The zero-order valence-corrected chi connectivity index (χ0v) is 17.8. The number of para-hydroxylation sites is 1. The van der Waals surface area contributed by atoms with Crippen molar-refractivity contribution in [3.63, 3.8) is 0 Å². The third-order valence-corrected chi connectivity index (χ3v) is 6.32. The molecule has 2 heterocycles. The minimum atomic E-state index is -0.505. The molecule has 4 rings (SSSR count). The average Bonchev–Trinajstić information content (AvgIpc) is 2.77. The topological polar surface area (TPSA) is 72.3 Å². The number of morpholine rings is 1. The summed E-state index contributed by atoms with van der Waals surface area (Å²) in [7, 11) is 0. The highest BCUT2D eigenvalue weighted by Gasteiger charge is 2.29. The number of hydrogen-bond donors (Lipinski definition) is 2. The molecule has 8 heteroatoms. The van der Waals surface area contributed by atoms with Gasteiger partial charge in [0.05, 0.1) is 44.2 Å². The largest absolute Gasteiger partial charge is 0.450 e. The fourth-order valence-corrected chi connectivity index (χ4v) is 4.73. The Kier molecular flexibility index (Phi) is 6.56. The molecule has 2 aliphatic heterocycles. The Morgan fingerprint density at radius 2 is 1.90 bits per heavy atom. The van der Waals surface area contributed by atoms with E-state index in [9.17, 15) is 9.59 Å². The fraction of sp³-hybridized carbons (Fsp3) is 0.364. The second-order valence-corrected chi connectivity index (χ2v) is 8.27. The van der Waals surface area contributed by atoms with Crippen LogP contribution in [0.2, 0.25) is 0 Å². The van der Waals surface area contributed by atoms with Crippen LogP contribution in [0.3, 0.4) is 0 Å². The zero-order valence-electron chi connectivity index (χ0n) is 17.0. The van der Waals surface area contributed by atoms with Crippen LogP contribution in [0.25, 0.3) is 0 Å². The van der Waals surface area contributed by atoms with Crippen LogP contribution in [0, 0.1) is 0 Å². The normalized spacial score (nSPS) is 15.8. The number of nitrogens with one attached hydrogen (secondary N) is 2. The van der Waals surface area contributed by atoms with Crippen LogP contribution in [0.5, 0.6) is 0 Å². The SMILES string of the molecule is CCOC(=O)Nc1ccc2c(c1)N(C(=O)CC[NH+]1CCOCC1)c1ccccc1S2. The molecule has 0 atom stereocenters. The first-order chi connectivity index (χ1) is 14.7. The van der Waals surface area contributed by atoms with Crippen molar-refractivity contribution in [3.8, 4) is 0 Å². The van der Waals surface area contributed by atoms with Crippen LogP contribution < -0.4 is 15.1 Å². The van der Waals surface area contributed by atoms with Gasteiger partial charge in [-0.15, -0.1) is 0 Å². The first-order valence-corrected chi connectivity index (χ1v) is 11.1. The van der Waals surface area contributed by atoms with Gasteiger partial charge in [-0.3, -0.25) is 15.0 Å². The Labute approximate surface area is 180 Å². The molecule has 0 spiro atoms. The van der Waals surface area contributed by atoms with E-state index in [1.165, 1.54) is 4.90 Å². The van der Waals surface area contributed by atoms with E-state index in [1.807, 2.05) is 42.5 Å². The van der Waals surface area contributed by atoms with Crippen LogP contribution >= 0.6 is 11.8 Å². The van der Waals surface area contributed by atoms with Crippen molar-refractivity contribution in [3.05, 3.63) is 42.5 Å². The maximum absolute atomic E-state index is 13.4. The quantitative estimate of drug-likeness (QED) is 0.766. The molecule has 2 aromatic rings. The molecular weight excluding hydrogens is 402 g/mol. The molecule has 0 aliphatic carbocycles. The number of hydrogen-bond acceptors (Lipinski definition) is 5. The van der Waals surface area contributed by atoms with Crippen molar-refractivity contribution in [2.45, 2.75) is 23.1 Å². The predicted molar refractivity (Wildman–Crippen MR) is 116 cm³/mol. The van der Waals surface area contributed by atoms with Crippen LogP contribution in [-0.4, -0.2) is 51.5 Å². The summed E-state index contributed by atoms with van der Waals surface area (Å²) < 4.78 is 10.4. The smallest absolute Gasteiger partial charge is 0.411 e. The third-order valence-electron chi connectivity index (χ3n) is 5.19. The van der Waals surface area contributed by atoms with Gasteiger partial charge in [0.15, 0.2) is 0 Å². The van der Waals surface area contributed by atoms with Crippen molar-refractivity contribution in [1.29, 1.82) is 0 Å². The fourth-order valence-electron chi connectivity index (χ4n) is 3.69. The molecule has 2 aliphatic rings. The highest BCUT2D eigenvalue weighted by molar-refractivity contribution is 7.99. The molecule has 2 amide bonds. The lowest BCUT2D eigenvalue weighted by atomic mass is 10.2. The molecule has 2 aromatic carbocycles. The number of carbonyl (C=O) groups excluding carboxylic acids is 2. The van der Waals surface area contributed by atoms with Gasteiger partial charge in [-0.05, 0) is 37.3 Å². The van der Waals surface area contributed by atoms with Gasteiger partial charge in [-0.25, -0.2) is 4.79 Å². The summed E-state index contributed by atoms with van der Waals surface area (Å²) in [5.74, 6) is 0.0521. The molecule has 0 unspecified atom stereocenters. The number of fused-ring (bicyclic) bond motifs is 2. The van der Waals surface area contributed by atoms with E-state index in [2.05, 4.69) is 5.32 Å². The molecule has 158 valence electrons. The molecule has 0 radical (unpaired) electrons. The molecule has 2 N–H and O–H groups in total. The molecule has 30 heavy (non-hydrogen) atoms. The van der Waals surface area contributed by atoms with E-state index in [4.69, 9.17) is 9.47 Å². The van der Waals surface area contributed by atoms with Crippen molar-refractivity contribution >= 4 is 40.8 Å². The molecule has 0 bridgehead atoms. The van der Waals surface area contributed by atoms with E-state index in [0.717, 1.165) is 54.0 Å². The first-order valence-electron chi connectivity index (χ1n) is 10.2. The number of nitrogens with zero attached hydrogens (tertiary/aromatic N) is 1. The maximum atomic E-state index is 13.4. The molecule has 1 saturated heterocycles. The van der Waals surface area contributed by atoms with E-state index in [0.29, 0.717) is 18.7 Å². The number of benzene rings is 2. The summed E-state index contributed by atoms with van der Waals surface area (Å²) in [6.45, 7) is 6.21. The second kappa shape index (κ2) is 9.51. The van der Waals surface area contributed by atoms with E-state index >= 15 is 0 Å². The zero-order chi connectivity index (χ0) is 20.9. The Balaban J connectivity index is 1.59. The van der Waals surface area contributed by atoms with E-state index in [1.54, 1.807) is 23.6 Å². The van der Waals surface area contributed by atoms with Crippen LogP contribution in [-0.2, 0) is 14.3 Å².